The van der Waals surface area contributed by atoms with E-state index in [1.165, 1.54) is 7.11 Å². The van der Waals surface area contributed by atoms with E-state index in [1.54, 1.807) is 0 Å². The fourth-order valence-electron chi connectivity index (χ4n) is 2.06. The van der Waals surface area contributed by atoms with E-state index >= 15 is 0 Å². The number of carboxylic acid groups (broad SMARTS) is 1. The number of ether oxygens (including phenoxy) is 2. The van der Waals surface area contributed by atoms with Crippen molar-refractivity contribution in [2.24, 2.45) is 5.11 Å². The predicted molar refractivity (Wildman–Crippen MR) is 51.5 cm³/mol. The maximum atomic E-state index is 11.6. The van der Waals surface area contributed by atoms with Crippen LogP contribution in [0.3, 0.4) is 0 Å². The minimum atomic E-state index is -1.38. The number of rotatable bonds is 3. The van der Waals surface area contributed by atoms with Crippen LogP contribution in [0.25, 0.3) is 10.4 Å². The molecule has 0 aromatic rings. The largest absolute Gasteiger partial charge is 0.478 e. The third-order valence-corrected chi connectivity index (χ3v) is 2.85. The van der Waals surface area contributed by atoms with Crippen molar-refractivity contribution in [3.63, 3.8) is 0 Å². The van der Waals surface area contributed by atoms with Crippen LogP contribution in [-0.4, -0.2) is 53.6 Å². The van der Waals surface area contributed by atoms with Gasteiger partial charge in [-0.15, -0.1) is 0 Å². The molecule has 9 nitrogen and oxygen atoms in total. The molecule has 0 bridgehead atoms. The highest BCUT2D eigenvalue weighted by Crippen LogP contribution is 2.35. The Morgan fingerprint density at radius 3 is 3.00 bits per heavy atom. The zero-order valence-electron chi connectivity index (χ0n) is 8.89. The number of carboxylic acids is 1. The molecule has 0 aliphatic carbocycles. The summed E-state index contributed by atoms with van der Waals surface area (Å²) in [6.07, 6.45) is -1.81. The number of hydrogen-bond acceptors (Lipinski definition) is 5. The van der Waals surface area contributed by atoms with E-state index in [1.807, 2.05) is 0 Å². The molecule has 9 heteroatoms. The van der Waals surface area contributed by atoms with Gasteiger partial charge in [0.25, 0.3) is 0 Å². The Balaban J connectivity index is 2.21. The molecule has 4 unspecified atom stereocenters. The minimum Gasteiger partial charge on any atom is -0.478 e. The maximum absolute atomic E-state index is 11.6. The van der Waals surface area contributed by atoms with Gasteiger partial charge in [0.05, 0.1) is 6.04 Å². The van der Waals surface area contributed by atoms with Crippen LogP contribution in [0.2, 0.25) is 0 Å². The third-order valence-electron chi connectivity index (χ3n) is 2.85. The predicted octanol–water partition coefficient (Wildman–Crippen LogP) is -0.320. The van der Waals surface area contributed by atoms with Crippen LogP contribution in [0.15, 0.2) is 5.11 Å². The van der Waals surface area contributed by atoms with Gasteiger partial charge in [0.15, 0.2) is 6.29 Å². The molecule has 2 aliphatic heterocycles. The van der Waals surface area contributed by atoms with Crippen LogP contribution in [0.1, 0.15) is 6.42 Å². The molecule has 2 rings (SSSR count). The topological polar surface area (TPSA) is 125 Å². The van der Waals surface area contributed by atoms with Gasteiger partial charge in [-0.1, -0.05) is 5.11 Å². The summed E-state index contributed by atoms with van der Waals surface area (Å²) in [5.74, 6) is -1.81. The maximum Gasteiger partial charge on any atom is 0.354 e. The van der Waals surface area contributed by atoms with E-state index in [9.17, 15) is 9.59 Å². The van der Waals surface area contributed by atoms with Crippen molar-refractivity contribution in [1.29, 1.82) is 0 Å². The van der Waals surface area contributed by atoms with Crippen LogP contribution in [0, 0.1) is 0 Å². The molecule has 0 spiro atoms. The van der Waals surface area contributed by atoms with E-state index in [4.69, 9.17) is 20.1 Å². The highest BCUT2D eigenvalue weighted by atomic mass is 16.7. The van der Waals surface area contributed by atoms with Crippen LogP contribution in [0.4, 0.5) is 0 Å². The number of methoxy groups -OCH3 is 1. The Kier molecular flexibility index (Phi) is 2.88. The lowest BCUT2D eigenvalue weighted by Gasteiger charge is -2.52. The first-order chi connectivity index (χ1) is 8.10. The summed E-state index contributed by atoms with van der Waals surface area (Å²) >= 11 is 0. The van der Waals surface area contributed by atoms with Crippen molar-refractivity contribution >= 4 is 11.9 Å². The number of nitrogens with zero attached hydrogens (tertiary/aromatic N) is 4. The van der Waals surface area contributed by atoms with Crippen molar-refractivity contribution in [2.45, 2.75) is 31.0 Å². The molecule has 2 heterocycles. The van der Waals surface area contributed by atoms with Crippen LogP contribution in [-0.2, 0) is 19.1 Å². The second-order valence-corrected chi connectivity index (χ2v) is 3.69. The van der Waals surface area contributed by atoms with Gasteiger partial charge < -0.3 is 19.5 Å². The third kappa shape index (κ3) is 1.70. The fraction of sp³-hybridized carbons (Fsp3) is 0.750. The molecule has 0 radical (unpaired) electrons. The Morgan fingerprint density at radius 2 is 2.47 bits per heavy atom. The summed E-state index contributed by atoms with van der Waals surface area (Å²) in [5, 5.41) is 12.3. The van der Waals surface area contributed by atoms with Crippen molar-refractivity contribution in [1.82, 2.24) is 4.90 Å². The fourth-order valence-corrected chi connectivity index (χ4v) is 2.06. The number of amides is 1. The summed E-state index contributed by atoms with van der Waals surface area (Å²) < 4.78 is 10.0. The van der Waals surface area contributed by atoms with E-state index in [-0.39, 0.29) is 6.42 Å². The normalized spacial score (nSPS) is 35.6. The average Bonchev–Trinajstić information content (AvgIpc) is 2.33. The first-order valence-corrected chi connectivity index (χ1v) is 4.87. The second kappa shape index (κ2) is 4.21. The van der Waals surface area contributed by atoms with Gasteiger partial charge in [0, 0.05) is 18.4 Å². The van der Waals surface area contributed by atoms with Gasteiger partial charge in [-0.05, 0) is 5.53 Å². The average molecular weight is 242 g/mol. The lowest BCUT2D eigenvalue weighted by atomic mass is 9.90. The number of fused-ring (bicyclic) bond motifs is 1. The zero-order chi connectivity index (χ0) is 12.6. The summed E-state index contributed by atoms with van der Waals surface area (Å²) in [7, 11) is 1.38. The summed E-state index contributed by atoms with van der Waals surface area (Å²) in [6.45, 7) is 0. The number of hydrogen-bond donors (Lipinski definition) is 1. The standard InChI is InChI=1S/C8H10N4O5/c1-16-4-2-3-5(10-11-9)6(13)12(3)7(17-4)8(14)15/h3-5,7H,2H2,1H3,(H,14,15). The number of β-lactam (4-membered cyclic amide) rings is 1. The van der Waals surface area contributed by atoms with Gasteiger partial charge in [-0.25, -0.2) is 4.79 Å². The molecule has 17 heavy (non-hydrogen) atoms. The minimum absolute atomic E-state index is 0.287. The molecule has 0 aromatic heterocycles. The van der Waals surface area contributed by atoms with Crippen molar-refractivity contribution < 1.29 is 24.2 Å². The molecule has 2 saturated heterocycles. The summed E-state index contributed by atoms with van der Waals surface area (Å²) in [5.41, 5.74) is 8.32. The SMILES string of the molecule is COC1CC2C(N=[N+]=[N-])C(=O)N2C(C(=O)O)O1. The van der Waals surface area contributed by atoms with Crippen molar-refractivity contribution in [2.75, 3.05) is 7.11 Å². The van der Waals surface area contributed by atoms with E-state index in [0.717, 1.165) is 4.90 Å². The molecule has 4 atom stereocenters. The Labute approximate surface area is 95.5 Å². The number of carbonyl (C=O) groups excluding carboxylic acids is 1. The van der Waals surface area contributed by atoms with Crippen LogP contribution >= 0.6 is 0 Å². The van der Waals surface area contributed by atoms with Gasteiger partial charge >= 0.3 is 5.97 Å². The van der Waals surface area contributed by atoms with Crippen LogP contribution < -0.4 is 0 Å². The molecule has 2 aliphatic rings. The quantitative estimate of drug-likeness (QED) is 0.314. The number of aliphatic carboxylic acids is 1. The van der Waals surface area contributed by atoms with E-state index in [0.29, 0.717) is 0 Å². The van der Waals surface area contributed by atoms with Crippen molar-refractivity contribution in [3.05, 3.63) is 10.4 Å². The molecule has 92 valence electrons. The van der Waals surface area contributed by atoms with Gasteiger partial charge in [-0.3, -0.25) is 4.79 Å². The molecule has 0 aromatic carbocycles. The molecule has 0 saturated carbocycles. The van der Waals surface area contributed by atoms with Gasteiger partial charge in [0.2, 0.25) is 12.1 Å². The molecular weight excluding hydrogens is 232 g/mol. The highest BCUT2D eigenvalue weighted by molar-refractivity contribution is 5.93. The van der Waals surface area contributed by atoms with Crippen LogP contribution in [0.5, 0.6) is 0 Å². The molecule has 1 N–H and O–H groups in total. The molecule has 2 fully saturated rings. The second-order valence-electron chi connectivity index (χ2n) is 3.69. The van der Waals surface area contributed by atoms with Gasteiger partial charge in [0.1, 0.15) is 6.04 Å². The van der Waals surface area contributed by atoms with E-state index < -0.39 is 36.5 Å². The Morgan fingerprint density at radius 1 is 1.76 bits per heavy atom. The highest BCUT2D eigenvalue weighted by Gasteiger charge is 2.56. The summed E-state index contributed by atoms with van der Waals surface area (Å²) in [6, 6.07) is -1.33. The Bertz CT molecular complexity index is 407. The lowest BCUT2D eigenvalue weighted by molar-refractivity contribution is -0.261. The first-order valence-electron chi connectivity index (χ1n) is 4.87. The molecular formula is C8H10N4O5. The van der Waals surface area contributed by atoms with Gasteiger partial charge in [-0.2, -0.15) is 0 Å². The smallest absolute Gasteiger partial charge is 0.354 e. The number of carbonyl (C=O) groups is 2. The summed E-state index contributed by atoms with van der Waals surface area (Å²) in [4.78, 5) is 26.1. The zero-order valence-corrected chi connectivity index (χ0v) is 8.89. The van der Waals surface area contributed by atoms with Crippen molar-refractivity contribution in [3.8, 4) is 0 Å². The van der Waals surface area contributed by atoms with E-state index in [2.05, 4.69) is 10.0 Å². The lowest BCUT2D eigenvalue weighted by Crippen LogP contribution is -2.72. The molecule has 1 amide bonds. The monoisotopic (exact) mass is 242 g/mol. The Hall–Kier alpha value is -1.83. The number of azide groups is 1. The first kappa shape index (κ1) is 11.6.